The summed E-state index contributed by atoms with van der Waals surface area (Å²) < 4.78 is 0. The van der Waals surface area contributed by atoms with Gasteiger partial charge in [-0.1, -0.05) is 0 Å². The van der Waals surface area contributed by atoms with E-state index in [4.69, 9.17) is 15.9 Å². The van der Waals surface area contributed by atoms with Crippen LogP contribution in [0, 0.1) is 0 Å². The van der Waals surface area contributed by atoms with E-state index in [1.54, 1.807) is 23.5 Å². The topological polar surface area (TPSA) is 165 Å². The highest BCUT2D eigenvalue weighted by molar-refractivity contribution is 7.98. The maximum atomic E-state index is 10.5. The molecule has 0 fully saturated rings. The Morgan fingerprint density at radius 2 is 1.50 bits per heavy atom. The van der Waals surface area contributed by atoms with E-state index in [1.165, 1.54) is 6.92 Å². The van der Waals surface area contributed by atoms with E-state index in [-0.39, 0.29) is 12.1 Å². The van der Waals surface area contributed by atoms with Crippen molar-refractivity contribution in [2.24, 2.45) is 5.73 Å². The van der Waals surface area contributed by atoms with E-state index < -0.39 is 24.0 Å². The predicted octanol–water partition coefficient (Wildman–Crippen LogP) is 0.642. The number of aliphatic carboxylic acids is 2. The first-order valence-electron chi connectivity index (χ1n) is 6.22. The summed E-state index contributed by atoms with van der Waals surface area (Å²) in [4.78, 5) is 31.1. The Kier molecular flexibility index (Phi) is 19.3. The molecule has 0 spiro atoms. The van der Waals surface area contributed by atoms with Crippen LogP contribution in [0.2, 0.25) is 0 Å². The minimum absolute atomic E-state index is 0. The van der Waals surface area contributed by atoms with Crippen molar-refractivity contribution in [3.8, 4) is 0 Å². The molecule has 1 amide bonds. The van der Waals surface area contributed by atoms with Gasteiger partial charge in [0.1, 0.15) is 12.1 Å². The molecule has 0 bridgehead atoms. The van der Waals surface area contributed by atoms with Gasteiger partial charge in [0.15, 0.2) is 0 Å². The van der Waals surface area contributed by atoms with E-state index in [2.05, 4.69) is 5.32 Å². The van der Waals surface area contributed by atoms with Crippen LogP contribution in [0.4, 0.5) is 0 Å². The van der Waals surface area contributed by atoms with Crippen molar-refractivity contribution in [1.29, 1.82) is 0 Å². The van der Waals surface area contributed by atoms with Crippen molar-refractivity contribution in [1.82, 2.24) is 11.5 Å². The van der Waals surface area contributed by atoms with Crippen LogP contribution in [-0.2, 0) is 14.4 Å². The Labute approximate surface area is 139 Å². The number of rotatable bonds is 9. The van der Waals surface area contributed by atoms with E-state index >= 15 is 0 Å². The molecule has 0 saturated heterocycles. The molecule has 0 unspecified atom stereocenters. The van der Waals surface area contributed by atoms with Crippen LogP contribution >= 0.6 is 23.5 Å². The highest BCUT2D eigenvalue weighted by atomic mass is 32.2. The third kappa shape index (κ3) is 17.1. The molecular weight excluding hydrogens is 330 g/mol. The third-order valence-corrected chi connectivity index (χ3v) is 3.52. The number of carbonyl (C=O) groups excluding carboxylic acids is 1. The minimum atomic E-state index is -0.973. The van der Waals surface area contributed by atoms with Gasteiger partial charge in [-0.3, -0.25) is 9.59 Å². The van der Waals surface area contributed by atoms with Crippen LogP contribution in [0.1, 0.15) is 19.8 Å². The van der Waals surface area contributed by atoms with Gasteiger partial charge in [0, 0.05) is 6.92 Å². The molecule has 10 heteroatoms. The van der Waals surface area contributed by atoms with Crippen molar-refractivity contribution in [2.75, 3.05) is 24.0 Å². The van der Waals surface area contributed by atoms with E-state index in [0.29, 0.717) is 12.8 Å². The lowest BCUT2D eigenvalue weighted by atomic mass is 10.2. The largest absolute Gasteiger partial charge is 0.480 e. The number of amides is 1. The molecule has 2 atom stereocenters. The fraction of sp³-hybridized carbons (Fsp3) is 0.750. The number of hydrogen-bond donors (Lipinski definition) is 5. The number of carboxylic acid groups (broad SMARTS) is 2. The lowest BCUT2D eigenvalue weighted by Crippen LogP contribution is -2.39. The van der Waals surface area contributed by atoms with Gasteiger partial charge in [-0.05, 0) is 36.9 Å². The third-order valence-electron chi connectivity index (χ3n) is 2.24. The van der Waals surface area contributed by atoms with Crippen molar-refractivity contribution in [2.45, 2.75) is 31.8 Å². The van der Waals surface area contributed by atoms with Gasteiger partial charge in [0.05, 0.1) is 0 Å². The predicted molar refractivity (Wildman–Crippen MR) is 91.9 cm³/mol. The van der Waals surface area contributed by atoms with Gasteiger partial charge < -0.3 is 27.4 Å². The Hall–Kier alpha value is -0.970. The molecule has 0 saturated carbocycles. The zero-order chi connectivity index (χ0) is 16.8. The quantitative estimate of drug-likeness (QED) is 0.398. The monoisotopic (exact) mass is 357 g/mol. The van der Waals surface area contributed by atoms with E-state index in [0.717, 1.165) is 11.5 Å². The highest BCUT2D eigenvalue weighted by Crippen LogP contribution is 2.00. The molecule has 132 valence electrons. The molecule has 0 aromatic heterocycles. The Bertz CT molecular complexity index is 332. The number of thioether (sulfide) groups is 2. The van der Waals surface area contributed by atoms with Crippen LogP contribution in [0.25, 0.3) is 0 Å². The Morgan fingerprint density at radius 3 is 1.82 bits per heavy atom. The van der Waals surface area contributed by atoms with Crippen molar-refractivity contribution in [3.63, 3.8) is 0 Å². The SMILES string of the molecule is CSCC[C@H](N)C(=O)O.CSCC[C@H](NC(C)=O)C(=O)O.N. The lowest BCUT2D eigenvalue weighted by Gasteiger charge is -2.11. The first kappa shape index (κ1) is 26.0. The summed E-state index contributed by atoms with van der Waals surface area (Å²) in [5.41, 5.74) is 5.19. The average molecular weight is 357 g/mol. The standard InChI is InChI=1S/C7H13NO3S.C5H11NO2S.H3N/c1-5(9)8-6(7(10)11)3-4-12-2;1-9-3-2-4(6)5(7)8;/h6H,3-4H2,1-2H3,(H,8,9)(H,10,11);4H,2-3,6H2,1H3,(H,7,8);1H3/t6-;4-;/m00./s1. The number of carboxylic acids is 2. The summed E-state index contributed by atoms with van der Waals surface area (Å²) in [6.07, 6.45) is 4.84. The summed E-state index contributed by atoms with van der Waals surface area (Å²) in [6, 6.07) is -1.42. The van der Waals surface area contributed by atoms with Gasteiger partial charge in [0.2, 0.25) is 5.91 Å². The van der Waals surface area contributed by atoms with Crippen molar-refractivity contribution >= 4 is 41.4 Å². The number of nitrogens with one attached hydrogen (secondary N) is 1. The van der Waals surface area contributed by atoms with Crippen LogP contribution in [0.15, 0.2) is 0 Å². The molecule has 0 aromatic rings. The Balaban J connectivity index is -0.000000326. The molecule has 0 radical (unpaired) electrons. The fourth-order valence-corrected chi connectivity index (χ4v) is 2.07. The summed E-state index contributed by atoms with van der Waals surface area (Å²) in [5.74, 6) is -0.642. The number of nitrogens with two attached hydrogens (primary N) is 1. The maximum absolute atomic E-state index is 10.5. The first-order valence-corrected chi connectivity index (χ1v) is 9.01. The van der Waals surface area contributed by atoms with Crippen molar-refractivity contribution < 1.29 is 24.6 Å². The zero-order valence-corrected chi connectivity index (χ0v) is 14.8. The zero-order valence-electron chi connectivity index (χ0n) is 13.2. The molecular formula is C12H27N3O5S2. The van der Waals surface area contributed by atoms with Crippen LogP contribution in [0.3, 0.4) is 0 Å². The second kappa shape index (κ2) is 16.4. The Morgan fingerprint density at radius 1 is 1.05 bits per heavy atom. The van der Waals surface area contributed by atoms with Gasteiger partial charge in [-0.15, -0.1) is 0 Å². The summed E-state index contributed by atoms with van der Waals surface area (Å²) >= 11 is 3.16. The molecule has 0 heterocycles. The molecule has 8 nitrogen and oxygen atoms in total. The molecule has 22 heavy (non-hydrogen) atoms. The fourth-order valence-electron chi connectivity index (χ4n) is 1.11. The lowest BCUT2D eigenvalue weighted by molar-refractivity contribution is -0.141. The van der Waals surface area contributed by atoms with Crippen LogP contribution < -0.4 is 17.2 Å². The molecule has 0 aliphatic heterocycles. The smallest absolute Gasteiger partial charge is 0.326 e. The molecule has 8 N–H and O–H groups in total. The average Bonchev–Trinajstić information content (AvgIpc) is 2.40. The maximum Gasteiger partial charge on any atom is 0.326 e. The molecule has 0 aliphatic rings. The van der Waals surface area contributed by atoms with Gasteiger partial charge in [0.25, 0.3) is 0 Å². The minimum Gasteiger partial charge on any atom is -0.480 e. The first-order chi connectivity index (χ1) is 9.76. The highest BCUT2D eigenvalue weighted by Gasteiger charge is 2.16. The van der Waals surface area contributed by atoms with Gasteiger partial charge in [-0.25, -0.2) is 4.79 Å². The van der Waals surface area contributed by atoms with E-state index in [9.17, 15) is 14.4 Å². The van der Waals surface area contributed by atoms with Crippen LogP contribution in [-0.4, -0.2) is 64.2 Å². The second-order valence-corrected chi connectivity index (χ2v) is 6.07. The van der Waals surface area contributed by atoms with Gasteiger partial charge >= 0.3 is 11.9 Å². The normalized spacial score (nSPS) is 12.0. The summed E-state index contributed by atoms with van der Waals surface area (Å²) in [6.45, 7) is 1.31. The summed E-state index contributed by atoms with van der Waals surface area (Å²) in [5, 5.41) is 19.3. The summed E-state index contributed by atoms with van der Waals surface area (Å²) in [7, 11) is 0. The number of hydrogen-bond acceptors (Lipinski definition) is 7. The van der Waals surface area contributed by atoms with E-state index in [1.807, 2.05) is 12.5 Å². The van der Waals surface area contributed by atoms with Crippen LogP contribution in [0.5, 0.6) is 0 Å². The van der Waals surface area contributed by atoms with Crippen molar-refractivity contribution in [3.05, 3.63) is 0 Å². The van der Waals surface area contributed by atoms with Gasteiger partial charge in [-0.2, -0.15) is 23.5 Å². The number of carbonyl (C=O) groups is 3. The second-order valence-electron chi connectivity index (χ2n) is 4.10. The molecule has 0 aromatic carbocycles. The molecule has 0 rings (SSSR count). The molecule has 0 aliphatic carbocycles.